The molecule has 2 rings (SSSR count). The lowest BCUT2D eigenvalue weighted by Crippen LogP contribution is -2.26. The monoisotopic (exact) mass is 233 g/mol. The van der Waals surface area contributed by atoms with E-state index in [2.05, 4.69) is 23.1 Å². The van der Waals surface area contributed by atoms with Gasteiger partial charge in [0.1, 0.15) is 11.5 Å². The van der Waals surface area contributed by atoms with Gasteiger partial charge in [0.15, 0.2) is 0 Å². The fourth-order valence-electron chi connectivity index (χ4n) is 2.08. The fourth-order valence-corrected chi connectivity index (χ4v) is 2.08. The Labute approximate surface area is 103 Å². The second-order valence-electron chi connectivity index (χ2n) is 4.17. The SMILES string of the molecule is COc1ccc(OC)c(CN2CC=CCC2)c1. The van der Waals surface area contributed by atoms with Gasteiger partial charge in [-0.2, -0.15) is 0 Å². The highest BCUT2D eigenvalue weighted by molar-refractivity contribution is 5.40. The minimum atomic E-state index is 0.883. The Hall–Kier alpha value is -1.48. The molecule has 0 bridgehead atoms. The maximum atomic E-state index is 5.39. The molecule has 92 valence electrons. The van der Waals surface area contributed by atoms with Gasteiger partial charge in [-0.1, -0.05) is 12.2 Å². The molecule has 1 aliphatic rings. The van der Waals surface area contributed by atoms with Crippen LogP contribution in [-0.4, -0.2) is 32.2 Å². The predicted octanol–water partition coefficient (Wildman–Crippen LogP) is 2.47. The summed E-state index contributed by atoms with van der Waals surface area (Å²) in [5, 5.41) is 0. The quantitative estimate of drug-likeness (QED) is 0.746. The van der Waals surface area contributed by atoms with Gasteiger partial charge in [0, 0.05) is 25.2 Å². The van der Waals surface area contributed by atoms with Gasteiger partial charge < -0.3 is 9.47 Å². The molecule has 0 saturated carbocycles. The van der Waals surface area contributed by atoms with E-state index in [-0.39, 0.29) is 0 Å². The normalized spacial score (nSPS) is 15.9. The van der Waals surface area contributed by atoms with Gasteiger partial charge in [-0.25, -0.2) is 0 Å². The highest BCUT2D eigenvalue weighted by Gasteiger charge is 2.11. The molecule has 1 aromatic rings. The Morgan fingerprint density at radius 2 is 2.06 bits per heavy atom. The molecule has 0 radical (unpaired) electrons. The number of hydrogen-bond acceptors (Lipinski definition) is 3. The van der Waals surface area contributed by atoms with Crippen LogP contribution in [-0.2, 0) is 6.54 Å². The van der Waals surface area contributed by atoms with Crippen molar-refractivity contribution >= 4 is 0 Å². The van der Waals surface area contributed by atoms with E-state index in [4.69, 9.17) is 9.47 Å². The summed E-state index contributed by atoms with van der Waals surface area (Å²) in [7, 11) is 3.40. The van der Waals surface area contributed by atoms with Crippen LogP contribution < -0.4 is 9.47 Å². The number of rotatable bonds is 4. The molecular weight excluding hydrogens is 214 g/mol. The van der Waals surface area contributed by atoms with Crippen LogP contribution in [0, 0.1) is 0 Å². The first kappa shape index (κ1) is 12.0. The molecule has 0 atom stereocenters. The van der Waals surface area contributed by atoms with Crippen molar-refractivity contribution in [3.63, 3.8) is 0 Å². The lowest BCUT2D eigenvalue weighted by molar-refractivity contribution is 0.283. The van der Waals surface area contributed by atoms with Crippen LogP contribution in [0.1, 0.15) is 12.0 Å². The smallest absolute Gasteiger partial charge is 0.123 e. The topological polar surface area (TPSA) is 21.7 Å². The van der Waals surface area contributed by atoms with Crippen molar-refractivity contribution in [1.82, 2.24) is 4.90 Å². The number of benzene rings is 1. The highest BCUT2D eigenvalue weighted by atomic mass is 16.5. The predicted molar refractivity (Wildman–Crippen MR) is 68.6 cm³/mol. The molecule has 17 heavy (non-hydrogen) atoms. The zero-order valence-electron chi connectivity index (χ0n) is 10.5. The largest absolute Gasteiger partial charge is 0.497 e. The molecule has 0 saturated heterocycles. The van der Waals surface area contributed by atoms with E-state index in [9.17, 15) is 0 Å². The lowest BCUT2D eigenvalue weighted by atomic mass is 10.1. The summed E-state index contributed by atoms with van der Waals surface area (Å²) in [5.74, 6) is 1.81. The lowest BCUT2D eigenvalue weighted by Gasteiger charge is -2.24. The summed E-state index contributed by atoms with van der Waals surface area (Å²) in [6.45, 7) is 3.03. The van der Waals surface area contributed by atoms with Crippen molar-refractivity contribution in [1.29, 1.82) is 0 Å². The molecule has 3 nitrogen and oxygen atoms in total. The van der Waals surface area contributed by atoms with Crippen LogP contribution in [0.4, 0.5) is 0 Å². The van der Waals surface area contributed by atoms with Crippen molar-refractivity contribution in [2.24, 2.45) is 0 Å². The van der Waals surface area contributed by atoms with Crippen molar-refractivity contribution < 1.29 is 9.47 Å². The summed E-state index contributed by atoms with van der Waals surface area (Å²) in [5.41, 5.74) is 1.18. The molecule has 0 spiro atoms. The van der Waals surface area contributed by atoms with E-state index in [1.807, 2.05) is 12.1 Å². The molecule has 1 aromatic carbocycles. The maximum Gasteiger partial charge on any atom is 0.123 e. The average molecular weight is 233 g/mol. The molecule has 1 heterocycles. The Kier molecular flexibility index (Phi) is 4.04. The van der Waals surface area contributed by atoms with Crippen LogP contribution in [0.5, 0.6) is 11.5 Å². The molecule has 0 aromatic heterocycles. The average Bonchev–Trinajstić information content (AvgIpc) is 2.40. The Bertz CT molecular complexity index is 401. The zero-order chi connectivity index (χ0) is 12.1. The molecule has 0 unspecified atom stereocenters. The number of ether oxygens (including phenoxy) is 2. The van der Waals surface area contributed by atoms with E-state index in [1.165, 1.54) is 5.56 Å². The molecule has 1 aliphatic heterocycles. The molecule has 0 amide bonds. The molecule has 3 heteroatoms. The van der Waals surface area contributed by atoms with Gasteiger partial charge in [-0.05, 0) is 24.6 Å². The van der Waals surface area contributed by atoms with Gasteiger partial charge in [-0.15, -0.1) is 0 Å². The van der Waals surface area contributed by atoms with Crippen molar-refractivity contribution in [2.45, 2.75) is 13.0 Å². The third kappa shape index (κ3) is 3.01. The first-order valence-electron chi connectivity index (χ1n) is 5.91. The number of methoxy groups -OCH3 is 2. The van der Waals surface area contributed by atoms with Crippen LogP contribution in [0.2, 0.25) is 0 Å². The maximum absolute atomic E-state index is 5.39. The standard InChI is InChI=1S/C14H19NO2/c1-16-13-6-7-14(17-2)12(10-13)11-15-8-4-3-5-9-15/h3-4,6-7,10H,5,8-9,11H2,1-2H3. The highest BCUT2D eigenvalue weighted by Crippen LogP contribution is 2.25. The zero-order valence-corrected chi connectivity index (χ0v) is 10.5. The van der Waals surface area contributed by atoms with Gasteiger partial charge in [0.25, 0.3) is 0 Å². The van der Waals surface area contributed by atoms with E-state index in [0.717, 1.165) is 37.6 Å². The van der Waals surface area contributed by atoms with Gasteiger partial charge >= 0.3 is 0 Å². The van der Waals surface area contributed by atoms with E-state index in [0.29, 0.717) is 0 Å². The summed E-state index contributed by atoms with van der Waals surface area (Å²) in [6, 6.07) is 5.95. The Morgan fingerprint density at radius 3 is 2.71 bits per heavy atom. The van der Waals surface area contributed by atoms with E-state index in [1.54, 1.807) is 14.2 Å². The van der Waals surface area contributed by atoms with Crippen molar-refractivity contribution in [2.75, 3.05) is 27.3 Å². The van der Waals surface area contributed by atoms with Crippen LogP contribution in [0.15, 0.2) is 30.4 Å². The second kappa shape index (κ2) is 5.73. The number of nitrogens with zero attached hydrogens (tertiary/aromatic N) is 1. The first-order valence-corrected chi connectivity index (χ1v) is 5.91. The Morgan fingerprint density at radius 1 is 1.18 bits per heavy atom. The van der Waals surface area contributed by atoms with Gasteiger partial charge in [0.2, 0.25) is 0 Å². The molecule has 0 fully saturated rings. The van der Waals surface area contributed by atoms with Crippen molar-refractivity contribution in [3.8, 4) is 11.5 Å². The molecule has 0 N–H and O–H groups in total. The fraction of sp³-hybridized carbons (Fsp3) is 0.429. The van der Waals surface area contributed by atoms with Crippen LogP contribution in [0.3, 0.4) is 0 Å². The van der Waals surface area contributed by atoms with Crippen LogP contribution in [0.25, 0.3) is 0 Å². The van der Waals surface area contributed by atoms with Crippen molar-refractivity contribution in [3.05, 3.63) is 35.9 Å². The van der Waals surface area contributed by atoms with E-state index >= 15 is 0 Å². The minimum absolute atomic E-state index is 0.883. The minimum Gasteiger partial charge on any atom is -0.497 e. The summed E-state index contributed by atoms with van der Waals surface area (Å²) < 4.78 is 10.6. The Balaban J connectivity index is 2.14. The van der Waals surface area contributed by atoms with Crippen LogP contribution >= 0.6 is 0 Å². The first-order chi connectivity index (χ1) is 8.33. The third-order valence-corrected chi connectivity index (χ3v) is 3.02. The molecular formula is C14H19NO2. The van der Waals surface area contributed by atoms with E-state index < -0.39 is 0 Å². The third-order valence-electron chi connectivity index (χ3n) is 3.02. The summed E-state index contributed by atoms with van der Waals surface area (Å²) in [6.07, 6.45) is 5.59. The summed E-state index contributed by atoms with van der Waals surface area (Å²) in [4.78, 5) is 2.40. The number of hydrogen-bond donors (Lipinski definition) is 0. The second-order valence-corrected chi connectivity index (χ2v) is 4.17. The molecule has 0 aliphatic carbocycles. The van der Waals surface area contributed by atoms with Gasteiger partial charge in [-0.3, -0.25) is 4.90 Å². The van der Waals surface area contributed by atoms with Gasteiger partial charge in [0.05, 0.1) is 14.2 Å². The summed E-state index contributed by atoms with van der Waals surface area (Å²) >= 11 is 0.